The van der Waals surface area contributed by atoms with Crippen LogP contribution in [0.4, 0.5) is 0 Å². The van der Waals surface area contributed by atoms with E-state index in [1.54, 1.807) is 0 Å². The van der Waals surface area contributed by atoms with Crippen LogP contribution in [-0.2, 0) is 13.0 Å². The second-order valence-electron chi connectivity index (χ2n) is 10.7. The lowest BCUT2D eigenvalue weighted by Crippen LogP contribution is -2.53. The maximum absolute atomic E-state index is 4.87. The van der Waals surface area contributed by atoms with Gasteiger partial charge in [-0.1, -0.05) is 43.3 Å². The molecule has 0 amide bonds. The number of hydrogen-bond acceptors (Lipinski definition) is 4. The lowest BCUT2D eigenvalue weighted by Gasteiger charge is -2.42. The predicted molar refractivity (Wildman–Crippen MR) is 143 cm³/mol. The summed E-state index contributed by atoms with van der Waals surface area (Å²) in [6.45, 7) is 20.0. The topological polar surface area (TPSA) is 37.2 Å². The van der Waals surface area contributed by atoms with Crippen LogP contribution in [0.3, 0.4) is 0 Å². The van der Waals surface area contributed by atoms with Gasteiger partial charge < -0.3 is 9.47 Å². The number of hydrogen-bond donors (Lipinski definition) is 0. The summed E-state index contributed by atoms with van der Waals surface area (Å²) in [5, 5.41) is 0. The number of fused-ring (bicyclic) bond motifs is 1. The first kappa shape index (κ1) is 24.6. The highest BCUT2D eigenvalue weighted by Crippen LogP contribution is 2.21. The Bertz CT molecular complexity index is 1130. The highest BCUT2D eigenvalue weighted by Gasteiger charge is 2.25. The third kappa shape index (κ3) is 5.76. The van der Waals surface area contributed by atoms with Crippen molar-refractivity contribution in [2.45, 2.75) is 66.5 Å². The average molecular weight is 460 g/mol. The van der Waals surface area contributed by atoms with Crippen LogP contribution in [0.1, 0.15) is 62.3 Å². The fraction of sp³-hybridized carbons (Fsp3) is 0.517. The lowest BCUT2D eigenvalue weighted by molar-refractivity contribution is 0.0632. The van der Waals surface area contributed by atoms with Crippen molar-refractivity contribution in [1.29, 1.82) is 0 Å². The molecule has 1 aliphatic rings. The molecule has 4 rings (SSSR count). The van der Waals surface area contributed by atoms with Crippen LogP contribution in [-0.4, -0.2) is 62.6 Å². The van der Waals surface area contributed by atoms with E-state index in [1.807, 2.05) is 0 Å². The molecule has 3 aromatic rings. The van der Waals surface area contributed by atoms with Gasteiger partial charge in [-0.05, 0) is 63.8 Å². The number of aryl methyl sites for hydroxylation is 3. The van der Waals surface area contributed by atoms with Crippen molar-refractivity contribution < 1.29 is 0 Å². The summed E-state index contributed by atoms with van der Waals surface area (Å²) in [5.41, 5.74) is 7.11. The number of piperazine rings is 1. The minimum absolute atomic E-state index is 0.287. The molecule has 3 heterocycles. The summed E-state index contributed by atoms with van der Waals surface area (Å²) in [6.07, 6.45) is 6.58. The zero-order chi connectivity index (χ0) is 24.3. The quantitative estimate of drug-likeness (QED) is 0.469. The normalized spacial score (nSPS) is 16.2. The Kier molecular flexibility index (Phi) is 7.54. The molecule has 1 saturated heterocycles. The molecule has 5 nitrogen and oxygen atoms in total. The first-order chi connectivity index (χ1) is 16.2. The summed E-state index contributed by atoms with van der Waals surface area (Å²) in [7, 11) is 0. The van der Waals surface area contributed by atoms with E-state index in [-0.39, 0.29) is 5.54 Å². The smallest absolute Gasteiger partial charge is 0.160 e. The molecule has 0 saturated carbocycles. The second kappa shape index (κ2) is 10.4. The lowest BCUT2D eigenvalue weighted by atomic mass is 10.0. The first-order valence-corrected chi connectivity index (χ1v) is 12.8. The number of imidazole rings is 1. The molecule has 0 bridgehead atoms. The Balaban J connectivity index is 1.33. The SMILES string of the molecule is CCc1nc2c(C)cc(C)nc2n1Cc1ccc(C=CCCN2CCN(C(C)(C)C)CC2)cc1. The minimum Gasteiger partial charge on any atom is -0.308 e. The maximum atomic E-state index is 4.87. The van der Waals surface area contributed by atoms with E-state index in [0.29, 0.717) is 0 Å². The van der Waals surface area contributed by atoms with Gasteiger partial charge in [0, 0.05) is 50.4 Å². The van der Waals surface area contributed by atoms with E-state index in [9.17, 15) is 0 Å². The monoisotopic (exact) mass is 459 g/mol. The Morgan fingerprint density at radius 2 is 1.68 bits per heavy atom. The van der Waals surface area contributed by atoms with E-state index in [2.05, 4.69) is 98.4 Å². The molecule has 2 aromatic heterocycles. The molecule has 5 heteroatoms. The van der Waals surface area contributed by atoms with E-state index in [1.165, 1.54) is 42.9 Å². The van der Waals surface area contributed by atoms with Gasteiger partial charge in [0.1, 0.15) is 11.3 Å². The van der Waals surface area contributed by atoms with Gasteiger partial charge in [-0.15, -0.1) is 0 Å². The zero-order valence-electron chi connectivity index (χ0n) is 21.9. The van der Waals surface area contributed by atoms with Crippen molar-refractivity contribution >= 4 is 17.2 Å². The van der Waals surface area contributed by atoms with E-state index >= 15 is 0 Å². The molecule has 0 unspecified atom stereocenters. The highest BCUT2D eigenvalue weighted by atomic mass is 15.3. The van der Waals surface area contributed by atoms with Crippen LogP contribution in [0.25, 0.3) is 17.2 Å². The van der Waals surface area contributed by atoms with Gasteiger partial charge in [0.05, 0.1) is 6.54 Å². The summed E-state index contributed by atoms with van der Waals surface area (Å²) in [4.78, 5) is 14.9. The van der Waals surface area contributed by atoms with Crippen LogP contribution < -0.4 is 0 Å². The van der Waals surface area contributed by atoms with Gasteiger partial charge in [-0.25, -0.2) is 9.97 Å². The van der Waals surface area contributed by atoms with Crippen LogP contribution in [0, 0.1) is 13.8 Å². The second-order valence-corrected chi connectivity index (χ2v) is 10.7. The highest BCUT2D eigenvalue weighted by molar-refractivity contribution is 5.76. The number of rotatable bonds is 7. The predicted octanol–water partition coefficient (Wildman–Crippen LogP) is 5.48. The van der Waals surface area contributed by atoms with E-state index in [0.717, 1.165) is 48.6 Å². The van der Waals surface area contributed by atoms with Gasteiger partial charge in [0.15, 0.2) is 5.65 Å². The van der Waals surface area contributed by atoms with Crippen LogP contribution in [0.15, 0.2) is 36.4 Å². The fourth-order valence-electron chi connectivity index (χ4n) is 4.92. The van der Waals surface area contributed by atoms with Gasteiger partial charge in [-0.3, -0.25) is 4.90 Å². The average Bonchev–Trinajstić information content (AvgIpc) is 3.15. The largest absolute Gasteiger partial charge is 0.308 e. The van der Waals surface area contributed by atoms with Crippen LogP contribution in [0.2, 0.25) is 0 Å². The summed E-state index contributed by atoms with van der Waals surface area (Å²) in [5.74, 6) is 1.10. The summed E-state index contributed by atoms with van der Waals surface area (Å²) < 4.78 is 2.28. The van der Waals surface area contributed by atoms with Crippen molar-refractivity contribution in [1.82, 2.24) is 24.3 Å². The van der Waals surface area contributed by atoms with Gasteiger partial charge in [0.25, 0.3) is 0 Å². The first-order valence-electron chi connectivity index (χ1n) is 12.8. The van der Waals surface area contributed by atoms with Gasteiger partial charge in [-0.2, -0.15) is 0 Å². The van der Waals surface area contributed by atoms with E-state index in [4.69, 9.17) is 9.97 Å². The van der Waals surface area contributed by atoms with Crippen molar-refractivity contribution in [2.24, 2.45) is 0 Å². The fourth-order valence-corrected chi connectivity index (χ4v) is 4.92. The number of pyridine rings is 1. The molecule has 1 aliphatic heterocycles. The van der Waals surface area contributed by atoms with Crippen molar-refractivity contribution in [3.05, 3.63) is 64.6 Å². The molecule has 1 fully saturated rings. The standard InChI is InChI=1S/C29H41N5/c1-7-26-31-27-22(2)20-23(3)30-28(27)34(26)21-25-13-11-24(12-14-25)10-8-9-15-32-16-18-33(19-17-32)29(4,5)6/h8,10-14,20H,7,9,15-19,21H2,1-6H3. The molecule has 0 spiro atoms. The summed E-state index contributed by atoms with van der Waals surface area (Å²) >= 11 is 0. The van der Waals surface area contributed by atoms with E-state index < -0.39 is 0 Å². The Morgan fingerprint density at radius 1 is 0.971 bits per heavy atom. The maximum Gasteiger partial charge on any atom is 0.160 e. The molecule has 0 radical (unpaired) electrons. The molecule has 0 N–H and O–H groups in total. The molecule has 34 heavy (non-hydrogen) atoms. The number of benzene rings is 1. The number of aromatic nitrogens is 3. The zero-order valence-corrected chi connectivity index (χ0v) is 21.9. The molecule has 0 atom stereocenters. The molecule has 1 aromatic carbocycles. The summed E-state index contributed by atoms with van der Waals surface area (Å²) in [6, 6.07) is 11.0. The minimum atomic E-state index is 0.287. The van der Waals surface area contributed by atoms with Crippen molar-refractivity contribution in [3.8, 4) is 0 Å². The van der Waals surface area contributed by atoms with Gasteiger partial charge in [0.2, 0.25) is 0 Å². The van der Waals surface area contributed by atoms with Crippen LogP contribution in [0.5, 0.6) is 0 Å². The molecule has 0 aliphatic carbocycles. The Morgan fingerprint density at radius 3 is 2.32 bits per heavy atom. The molecular weight excluding hydrogens is 418 g/mol. The van der Waals surface area contributed by atoms with Gasteiger partial charge >= 0.3 is 0 Å². The van der Waals surface area contributed by atoms with Crippen molar-refractivity contribution in [2.75, 3.05) is 32.7 Å². The van der Waals surface area contributed by atoms with Crippen molar-refractivity contribution in [3.63, 3.8) is 0 Å². The molecule has 182 valence electrons. The Labute approximate surface area is 205 Å². The Hall–Kier alpha value is -2.50. The third-order valence-corrected chi connectivity index (χ3v) is 6.98. The number of nitrogens with zero attached hydrogens (tertiary/aromatic N) is 5. The third-order valence-electron chi connectivity index (χ3n) is 6.98. The van der Waals surface area contributed by atoms with Crippen LogP contribution >= 0.6 is 0 Å². The molecular formula is C29H41N5.